The third kappa shape index (κ3) is 10.5. The molecule has 0 rings (SSSR count). The van der Waals surface area contributed by atoms with E-state index in [-0.39, 0.29) is 71.1 Å². The molecule has 0 radical (unpaired) electrons. The van der Waals surface area contributed by atoms with Crippen molar-refractivity contribution >= 4 is 11.9 Å². The van der Waals surface area contributed by atoms with Gasteiger partial charge in [0.15, 0.2) is 0 Å². The minimum absolute atomic E-state index is 0. The molecule has 1 atom stereocenters. The van der Waals surface area contributed by atoms with Gasteiger partial charge in [0.2, 0.25) is 0 Å². The normalized spacial score (nSPS) is 10.4. The third-order valence-corrected chi connectivity index (χ3v) is 0.986. The molecule has 0 aliphatic carbocycles. The molecule has 0 saturated heterocycles. The first-order valence-electron chi connectivity index (χ1n) is 2.74. The van der Waals surface area contributed by atoms with Crippen LogP contribution in [0.25, 0.3) is 0 Å². The molecular formula is C5H12KNO5. The Morgan fingerprint density at radius 1 is 1.42 bits per heavy atom. The first kappa shape index (κ1) is 18.3. The first-order chi connectivity index (χ1) is 4.54. The summed E-state index contributed by atoms with van der Waals surface area (Å²) < 4.78 is 0. The Morgan fingerprint density at radius 2 is 1.83 bits per heavy atom. The van der Waals surface area contributed by atoms with Crippen molar-refractivity contribution in [3.05, 3.63) is 0 Å². The molecule has 12 heavy (non-hydrogen) atoms. The van der Waals surface area contributed by atoms with E-state index in [2.05, 4.69) is 0 Å². The quantitative estimate of drug-likeness (QED) is 0.398. The average molecular weight is 205 g/mol. The number of hydrogen-bond donors (Lipinski definition) is 3. The van der Waals surface area contributed by atoms with Crippen LogP contribution in [0.3, 0.4) is 0 Å². The van der Waals surface area contributed by atoms with Crippen molar-refractivity contribution in [1.82, 2.24) is 0 Å². The molecule has 0 aliphatic rings. The van der Waals surface area contributed by atoms with Crippen LogP contribution in [-0.2, 0) is 9.59 Å². The zero-order chi connectivity index (χ0) is 8.15. The molecule has 0 aromatic heterocycles. The molecule has 0 heterocycles. The molecular weight excluding hydrogens is 193 g/mol. The number of carbonyl (C=O) groups is 2. The average Bonchev–Trinajstić information content (AvgIpc) is 1.82. The van der Waals surface area contributed by atoms with E-state index in [1.54, 1.807) is 0 Å². The summed E-state index contributed by atoms with van der Waals surface area (Å²) >= 11 is 0. The fourth-order valence-electron chi connectivity index (χ4n) is 0.402. The Hall–Kier alpha value is 0.496. The van der Waals surface area contributed by atoms with Gasteiger partial charge >= 0.3 is 63.3 Å². The monoisotopic (exact) mass is 205 g/mol. The summed E-state index contributed by atoms with van der Waals surface area (Å²) in [6, 6.07) is -1.06. The van der Waals surface area contributed by atoms with Crippen molar-refractivity contribution < 1.29 is 78.1 Å². The van der Waals surface area contributed by atoms with Crippen molar-refractivity contribution in [3.8, 4) is 0 Å². The second-order valence-electron chi connectivity index (χ2n) is 1.88. The molecule has 0 aliphatic heterocycles. The maximum Gasteiger partial charge on any atom is 1.00 e. The predicted molar refractivity (Wildman–Crippen MR) is 37.2 cm³/mol. The van der Waals surface area contributed by atoms with Crippen LogP contribution in [0.15, 0.2) is 0 Å². The van der Waals surface area contributed by atoms with Crippen molar-refractivity contribution in [2.45, 2.75) is 18.9 Å². The van der Waals surface area contributed by atoms with E-state index in [9.17, 15) is 9.59 Å². The van der Waals surface area contributed by atoms with Crippen molar-refractivity contribution in [2.24, 2.45) is 5.73 Å². The van der Waals surface area contributed by atoms with Gasteiger partial charge in [0, 0.05) is 6.42 Å². The van der Waals surface area contributed by atoms with E-state index in [4.69, 9.17) is 15.9 Å². The SMILES string of the molecule is NC(CCC(=O)O)C(=O)O.O.[H-].[K+]. The molecule has 0 fully saturated rings. The summed E-state index contributed by atoms with van der Waals surface area (Å²) in [4.78, 5) is 19.9. The molecule has 0 saturated carbocycles. The molecule has 0 amide bonds. The summed E-state index contributed by atoms with van der Waals surface area (Å²) in [6.45, 7) is 0. The van der Waals surface area contributed by atoms with Gasteiger partial charge in [-0.05, 0) is 6.42 Å². The smallest absolute Gasteiger partial charge is 1.00 e. The van der Waals surface area contributed by atoms with Crippen molar-refractivity contribution in [2.75, 3.05) is 0 Å². The van der Waals surface area contributed by atoms with Crippen LogP contribution in [0.4, 0.5) is 0 Å². The Morgan fingerprint density at radius 3 is 2.08 bits per heavy atom. The molecule has 7 heteroatoms. The number of hydrogen-bond acceptors (Lipinski definition) is 3. The van der Waals surface area contributed by atoms with Crippen LogP contribution in [0.2, 0.25) is 0 Å². The van der Waals surface area contributed by atoms with Crippen LogP contribution in [-0.4, -0.2) is 33.7 Å². The molecule has 6 nitrogen and oxygen atoms in total. The van der Waals surface area contributed by atoms with Gasteiger partial charge in [-0.2, -0.15) is 0 Å². The predicted octanol–water partition coefficient (Wildman–Crippen LogP) is -4.45. The Labute approximate surface area is 113 Å². The summed E-state index contributed by atoms with van der Waals surface area (Å²) in [5.74, 6) is -2.20. The standard InChI is InChI=1S/C5H9NO4.K.H2O.H/c6-3(5(9)10)1-2-4(7)8;;;/h3H,1-2,6H2,(H,7,8)(H,9,10);;1H2;/q;+1;;-1. The Kier molecular flexibility index (Phi) is 14.6. The van der Waals surface area contributed by atoms with Crippen molar-refractivity contribution in [1.29, 1.82) is 0 Å². The van der Waals surface area contributed by atoms with Gasteiger partial charge < -0.3 is 22.8 Å². The van der Waals surface area contributed by atoms with E-state index in [0.717, 1.165) is 0 Å². The van der Waals surface area contributed by atoms with Gasteiger partial charge in [0.25, 0.3) is 0 Å². The largest absolute Gasteiger partial charge is 1.00 e. The number of carboxylic acids is 2. The topological polar surface area (TPSA) is 132 Å². The second-order valence-corrected chi connectivity index (χ2v) is 1.88. The summed E-state index contributed by atoms with van der Waals surface area (Å²) in [5, 5.41) is 16.3. The molecule has 68 valence electrons. The van der Waals surface area contributed by atoms with Gasteiger partial charge in [-0.25, -0.2) is 0 Å². The van der Waals surface area contributed by atoms with Crippen molar-refractivity contribution in [3.63, 3.8) is 0 Å². The van der Waals surface area contributed by atoms with Crippen LogP contribution in [0.5, 0.6) is 0 Å². The third-order valence-electron chi connectivity index (χ3n) is 0.986. The van der Waals surface area contributed by atoms with Crippen LogP contribution in [0, 0.1) is 0 Å². The first-order valence-corrected chi connectivity index (χ1v) is 2.74. The number of aliphatic carboxylic acids is 2. The summed E-state index contributed by atoms with van der Waals surface area (Å²) in [7, 11) is 0. The Bertz CT molecular complexity index is 156. The maximum absolute atomic E-state index is 9.99. The van der Waals surface area contributed by atoms with Gasteiger partial charge in [-0.1, -0.05) is 0 Å². The van der Waals surface area contributed by atoms with E-state index in [1.165, 1.54) is 0 Å². The number of nitrogens with two attached hydrogens (primary N) is 1. The van der Waals surface area contributed by atoms with Gasteiger partial charge in [0.1, 0.15) is 6.04 Å². The van der Waals surface area contributed by atoms with Crippen LogP contribution in [0.1, 0.15) is 14.3 Å². The minimum Gasteiger partial charge on any atom is -1.00 e. The number of rotatable bonds is 4. The van der Waals surface area contributed by atoms with Gasteiger partial charge in [-0.3, -0.25) is 9.59 Å². The molecule has 0 spiro atoms. The van der Waals surface area contributed by atoms with E-state index < -0.39 is 18.0 Å². The minimum atomic E-state index is -1.17. The second kappa shape index (κ2) is 9.58. The van der Waals surface area contributed by atoms with Crippen LogP contribution < -0.4 is 57.1 Å². The van der Waals surface area contributed by atoms with Gasteiger partial charge in [0.05, 0.1) is 0 Å². The fraction of sp³-hybridized carbons (Fsp3) is 0.600. The fourth-order valence-corrected chi connectivity index (χ4v) is 0.402. The molecule has 0 bridgehead atoms. The zero-order valence-electron chi connectivity index (χ0n) is 7.78. The van der Waals surface area contributed by atoms with E-state index in [1.807, 2.05) is 0 Å². The number of carboxylic acid groups (broad SMARTS) is 2. The summed E-state index contributed by atoms with van der Waals surface area (Å²) in [5.41, 5.74) is 5.00. The maximum atomic E-state index is 9.99. The molecule has 0 aromatic carbocycles. The van der Waals surface area contributed by atoms with E-state index >= 15 is 0 Å². The molecule has 6 N–H and O–H groups in total. The van der Waals surface area contributed by atoms with Gasteiger partial charge in [-0.15, -0.1) is 0 Å². The molecule has 0 aromatic rings. The molecule has 1 unspecified atom stereocenters. The van der Waals surface area contributed by atoms with E-state index in [0.29, 0.717) is 0 Å². The summed E-state index contributed by atoms with van der Waals surface area (Å²) in [6.07, 6.45) is -0.224. The Balaban J connectivity index is -0.000000135. The zero-order valence-corrected chi connectivity index (χ0v) is 9.90. The van der Waals surface area contributed by atoms with Crippen LogP contribution >= 0.6 is 0 Å².